The molecule has 0 saturated heterocycles. The van der Waals surface area contributed by atoms with Gasteiger partial charge >= 0.3 is 5.97 Å². The van der Waals surface area contributed by atoms with E-state index in [-0.39, 0.29) is 0 Å². The van der Waals surface area contributed by atoms with Crippen LogP contribution in [0.4, 0.5) is 5.69 Å². The Labute approximate surface area is 167 Å². The Balaban J connectivity index is 1.86. The Hall–Kier alpha value is -3.87. The zero-order valence-corrected chi connectivity index (χ0v) is 16.0. The zero-order chi connectivity index (χ0) is 21.0. The van der Waals surface area contributed by atoms with Gasteiger partial charge in [0.05, 0.1) is 18.4 Å². The van der Waals surface area contributed by atoms with Crippen LogP contribution >= 0.6 is 0 Å². The van der Waals surface area contributed by atoms with Crippen LogP contribution < -0.4 is 15.6 Å². The number of aliphatic carboxylic acids is 1. The van der Waals surface area contributed by atoms with E-state index in [4.69, 9.17) is 9.84 Å². The van der Waals surface area contributed by atoms with Crippen molar-refractivity contribution in [2.45, 2.75) is 13.5 Å². The predicted molar refractivity (Wildman–Crippen MR) is 109 cm³/mol. The molecule has 148 valence electrons. The summed E-state index contributed by atoms with van der Waals surface area (Å²) in [6.45, 7) is 1.52. The number of ether oxygens (including phenoxy) is 1. The van der Waals surface area contributed by atoms with Crippen LogP contribution in [0.3, 0.4) is 0 Å². The monoisotopic (exact) mass is 392 g/mol. The maximum atomic E-state index is 12.7. The van der Waals surface area contributed by atoms with Crippen LogP contribution in [-0.2, 0) is 11.3 Å². The maximum absolute atomic E-state index is 12.7. The second-order valence-electron chi connectivity index (χ2n) is 6.51. The van der Waals surface area contributed by atoms with Gasteiger partial charge in [0.25, 0.3) is 11.5 Å². The van der Waals surface area contributed by atoms with E-state index in [1.54, 1.807) is 12.1 Å². The number of aromatic nitrogens is 1. The van der Waals surface area contributed by atoms with Gasteiger partial charge in [0.1, 0.15) is 12.3 Å². The highest BCUT2D eigenvalue weighted by Gasteiger charge is 2.14. The average molecular weight is 392 g/mol. The quantitative estimate of drug-likeness (QED) is 0.672. The Kier molecular flexibility index (Phi) is 5.78. The molecule has 0 fully saturated rings. The minimum atomic E-state index is -1.15. The number of anilines is 1. The summed E-state index contributed by atoms with van der Waals surface area (Å²) in [7, 11) is 1.48. The summed E-state index contributed by atoms with van der Waals surface area (Å²) in [5.41, 5.74) is 3.22. The van der Waals surface area contributed by atoms with E-state index < -0.39 is 24.0 Å². The topological polar surface area (TPSA) is 97.6 Å². The molecular weight excluding hydrogens is 372 g/mol. The van der Waals surface area contributed by atoms with Crippen LogP contribution in [0.25, 0.3) is 11.1 Å². The first-order valence-corrected chi connectivity index (χ1v) is 8.86. The summed E-state index contributed by atoms with van der Waals surface area (Å²) < 4.78 is 6.40. The van der Waals surface area contributed by atoms with Gasteiger partial charge in [-0.3, -0.25) is 14.4 Å². The molecule has 0 radical (unpaired) electrons. The molecule has 2 aromatic carbocycles. The number of rotatable bonds is 6. The molecule has 1 amide bonds. The molecule has 3 aromatic rings. The molecular formula is C22H20N2O5. The zero-order valence-electron chi connectivity index (χ0n) is 16.0. The van der Waals surface area contributed by atoms with Gasteiger partial charge in [-0.25, -0.2) is 0 Å². The molecule has 0 saturated carbocycles. The summed E-state index contributed by atoms with van der Waals surface area (Å²) in [5, 5.41) is 11.6. The van der Waals surface area contributed by atoms with Crippen molar-refractivity contribution in [3.05, 3.63) is 82.3 Å². The van der Waals surface area contributed by atoms with Crippen LogP contribution in [0, 0.1) is 6.92 Å². The number of carbonyl (C=O) groups excluding carboxylic acids is 1. The fraction of sp³-hybridized carbons (Fsp3) is 0.136. The lowest BCUT2D eigenvalue weighted by Gasteiger charge is -2.12. The van der Waals surface area contributed by atoms with Crippen LogP contribution in [0.1, 0.15) is 15.9 Å². The number of methoxy groups -OCH3 is 1. The van der Waals surface area contributed by atoms with E-state index in [1.165, 1.54) is 25.4 Å². The molecule has 0 bridgehead atoms. The summed E-state index contributed by atoms with van der Waals surface area (Å²) >= 11 is 0. The molecule has 7 heteroatoms. The third-order valence-electron chi connectivity index (χ3n) is 4.38. The number of hydrogen-bond acceptors (Lipinski definition) is 4. The van der Waals surface area contributed by atoms with Crippen LogP contribution in [0.5, 0.6) is 5.75 Å². The summed E-state index contributed by atoms with van der Waals surface area (Å²) in [6.07, 6.45) is 1.29. The van der Waals surface area contributed by atoms with Crippen molar-refractivity contribution in [1.82, 2.24) is 4.57 Å². The number of pyridine rings is 1. The van der Waals surface area contributed by atoms with Gasteiger partial charge in [-0.1, -0.05) is 35.9 Å². The number of hydrogen-bond donors (Lipinski definition) is 2. The molecule has 29 heavy (non-hydrogen) atoms. The molecule has 1 heterocycles. The Bertz CT molecular complexity index is 1120. The molecule has 0 spiro atoms. The van der Waals surface area contributed by atoms with Gasteiger partial charge in [0.15, 0.2) is 0 Å². The number of carbonyl (C=O) groups is 2. The first-order valence-electron chi connectivity index (χ1n) is 8.86. The molecule has 1 aromatic heterocycles. The molecule has 3 rings (SSSR count). The standard InChI is InChI=1S/C22H20N2O5/c1-14-3-5-15(6-4-14)16-7-9-18(19(11-16)29-2)22(28)23-17-8-10-20(25)24(12-17)13-21(26)27/h3-12H,13H2,1-2H3,(H,23,28)(H,26,27). The highest BCUT2D eigenvalue weighted by molar-refractivity contribution is 6.06. The molecule has 0 aliphatic carbocycles. The second-order valence-corrected chi connectivity index (χ2v) is 6.51. The maximum Gasteiger partial charge on any atom is 0.323 e. The van der Waals surface area contributed by atoms with Gasteiger partial charge in [-0.05, 0) is 36.2 Å². The highest BCUT2D eigenvalue weighted by atomic mass is 16.5. The van der Waals surface area contributed by atoms with Gasteiger partial charge in [-0.2, -0.15) is 0 Å². The average Bonchev–Trinajstić information content (AvgIpc) is 2.70. The fourth-order valence-corrected chi connectivity index (χ4v) is 2.88. The Morgan fingerprint density at radius 3 is 2.38 bits per heavy atom. The second kappa shape index (κ2) is 8.43. The third kappa shape index (κ3) is 4.70. The lowest BCUT2D eigenvalue weighted by Crippen LogP contribution is -2.24. The Morgan fingerprint density at radius 2 is 1.72 bits per heavy atom. The van der Waals surface area contributed by atoms with Crippen molar-refractivity contribution in [2.24, 2.45) is 0 Å². The van der Waals surface area contributed by atoms with Crippen molar-refractivity contribution in [3.8, 4) is 16.9 Å². The minimum absolute atomic E-state index is 0.306. The van der Waals surface area contributed by atoms with Gasteiger partial charge in [-0.15, -0.1) is 0 Å². The van der Waals surface area contributed by atoms with Crippen molar-refractivity contribution >= 4 is 17.6 Å². The molecule has 2 N–H and O–H groups in total. The number of nitrogens with zero attached hydrogens (tertiary/aromatic N) is 1. The van der Waals surface area contributed by atoms with Crippen LogP contribution in [0.2, 0.25) is 0 Å². The third-order valence-corrected chi connectivity index (χ3v) is 4.38. The van der Waals surface area contributed by atoms with Gasteiger partial charge in [0.2, 0.25) is 0 Å². The molecule has 0 aliphatic rings. The van der Waals surface area contributed by atoms with E-state index in [0.717, 1.165) is 21.3 Å². The number of benzene rings is 2. The van der Waals surface area contributed by atoms with E-state index in [0.29, 0.717) is 17.0 Å². The number of carboxylic acid groups (broad SMARTS) is 1. The first kappa shape index (κ1) is 19.9. The predicted octanol–water partition coefficient (Wildman–Crippen LogP) is 3.17. The largest absolute Gasteiger partial charge is 0.496 e. The number of carboxylic acids is 1. The summed E-state index contributed by atoms with van der Waals surface area (Å²) in [6, 6.07) is 15.9. The smallest absolute Gasteiger partial charge is 0.323 e. The van der Waals surface area contributed by atoms with Crippen LogP contribution in [0.15, 0.2) is 65.6 Å². The van der Waals surface area contributed by atoms with Gasteiger partial charge < -0.3 is 19.7 Å². The lowest BCUT2D eigenvalue weighted by molar-refractivity contribution is -0.137. The first-order chi connectivity index (χ1) is 13.9. The molecule has 7 nitrogen and oxygen atoms in total. The number of nitrogens with one attached hydrogen (secondary N) is 1. The summed E-state index contributed by atoms with van der Waals surface area (Å²) in [4.78, 5) is 35.3. The fourth-order valence-electron chi connectivity index (χ4n) is 2.88. The van der Waals surface area contributed by atoms with E-state index in [1.807, 2.05) is 37.3 Å². The lowest BCUT2D eigenvalue weighted by atomic mass is 10.0. The SMILES string of the molecule is COc1cc(-c2ccc(C)cc2)ccc1C(=O)Nc1ccc(=O)n(CC(=O)O)c1. The van der Waals surface area contributed by atoms with Crippen molar-refractivity contribution in [3.63, 3.8) is 0 Å². The van der Waals surface area contributed by atoms with E-state index >= 15 is 0 Å². The van der Waals surface area contributed by atoms with E-state index in [2.05, 4.69) is 5.32 Å². The van der Waals surface area contributed by atoms with Crippen molar-refractivity contribution in [1.29, 1.82) is 0 Å². The van der Waals surface area contributed by atoms with Crippen molar-refractivity contribution < 1.29 is 19.4 Å². The van der Waals surface area contributed by atoms with Gasteiger partial charge in [0, 0.05) is 12.3 Å². The molecule has 0 unspecified atom stereocenters. The van der Waals surface area contributed by atoms with Crippen LogP contribution in [-0.4, -0.2) is 28.7 Å². The minimum Gasteiger partial charge on any atom is -0.496 e. The van der Waals surface area contributed by atoms with Crippen molar-refractivity contribution in [2.75, 3.05) is 12.4 Å². The highest BCUT2D eigenvalue weighted by Crippen LogP contribution is 2.28. The number of amides is 1. The molecule has 0 aliphatic heterocycles. The van der Waals surface area contributed by atoms with E-state index in [9.17, 15) is 14.4 Å². The summed E-state index contributed by atoms with van der Waals surface area (Å²) in [5.74, 6) is -1.18. The Morgan fingerprint density at radius 1 is 1.03 bits per heavy atom. The normalized spacial score (nSPS) is 10.4. The number of aryl methyl sites for hydroxylation is 1. The molecule has 0 atom stereocenters.